The number of thioether (sulfide) groups is 1. The lowest BCUT2D eigenvalue weighted by Gasteiger charge is -2.34. The van der Waals surface area contributed by atoms with Crippen LogP contribution >= 0.6 is 27.7 Å². The van der Waals surface area contributed by atoms with Gasteiger partial charge in [0, 0.05) is 29.4 Å². The van der Waals surface area contributed by atoms with Gasteiger partial charge >= 0.3 is 0 Å². The number of carbonyl (C=O) groups is 2. The molecule has 0 saturated carbocycles. The predicted molar refractivity (Wildman–Crippen MR) is 183 cm³/mol. The van der Waals surface area contributed by atoms with Crippen molar-refractivity contribution in [3.05, 3.63) is 119 Å². The van der Waals surface area contributed by atoms with Gasteiger partial charge in [0.1, 0.15) is 18.3 Å². The van der Waals surface area contributed by atoms with Crippen molar-refractivity contribution in [3.8, 4) is 5.75 Å². The molecule has 4 rings (SSSR count). The second-order valence-corrected chi connectivity index (χ2v) is 13.7. The number of likely N-dealkylation sites (N-methyl/N-ethyl adjacent to an activating group) is 1. The molecule has 0 spiro atoms. The molecule has 0 aromatic heterocycles. The van der Waals surface area contributed by atoms with E-state index in [-0.39, 0.29) is 29.5 Å². The lowest BCUT2D eigenvalue weighted by atomic mass is 10.0. The van der Waals surface area contributed by atoms with Crippen LogP contribution in [0.2, 0.25) is 0 Å². The van der Waals surface area contributed by atoms with E-state index in [4.69, 9.17) is 4.74 Å². The van der Waals surface area contributed by atoms with Crippen molar-refractivity contribution in [2.75, 3.05) is 30.8 Å². The van der Waals surface area contributed by atoms with Crippen molar-refractivity contribution in [3.63, 3.8) is 0 Å². The normalized spacial score (nSPS) is 11.8. The van der Waals surface area contributed by atoms with E-state index < -0.39 is 28.5 Å². The number of benzene rings is 4. The number of nitrogens with zero attached hydrogens (tertiary/aromatic N) is 2. The molecular weight excluding hydrogens is 674 g/mol. The number of amides is 2. The minimum absolute atomic E-state index is 0.0325. The fraction of sp³-hybridized carbons (Fsp3) is 0.235. The summed E-state index contributed by atoms with van der Waals surface area (Å²) >= 11 is 4.99. The van der Waals surface area contributed by atoms with Gasteiger partial charge in [0.15, 0.2) is 0 Å². The van der Waals surface area contributed by atoms with E-state index in [1.54, 1.807) is 43.3 Å². The Hall–Kier alpha value is -3.80. The summed E-state index contributed by atoms with van der Waals surface area (Å²) in [4.78, 5) is 30.3. The number of ether oxygens (including phenoxy) is 1. The molecule has 2 amide bonds. The second-order valence-electron chi connectivity index (χ2n) is 10.1. The lowest BCUT2D eigenvalue weighted by Crippen LogP contribution is -2.53. The van der Waals surface area contributed by atoms with Crippen molar-refractivity contribution >= 4 is 55.2 Å². The van der Waals surface area contributed by atoms with E-state index in [2.05, 4.69) is 21.2 Å². The molecule has 4 aromatic rings. The number of anilines is 1. The number of hydrogen-bond donors (Lipinski definition) is 1. The Morgan fingerprint density at radius 1 is 0.911 bits per heavy atom. The quantitative estimate of drug-likeness (QED) is 0.158. The van der Waals surface area contributed by atoms with Crippen LogP contribution in [0.3, 0.4) is 0 Å². The van der Waals surface area contributed by atoms with Crippen LogP contribution in [0.25, 0.3) is 0 Å². The molecule has 0 unspecified atom stereocenters. The van der Waals surface area contributed by atoms with Gasteiger partial charge in [-0.05, 0) is 72.8 Å². The maximum Gasteiger partial charge on any atom is 0.264 e. The zero-order valence-corrected chi connectivity index (χ0v) is 28.6. The maximum atomic E-state index is 14.5. The van der Waals surface area contributed by atoms with Crippen molar-refractivity contribution in [1.82, 2.24) is 10.2 Å². The molecule has 0 heterocycles. The fourth-order valence-electron chi connectivity index (χ4n) is 4.88. The minimum Gasteiger partial charge on any atom is -0.492 e. The van der Waals surface area contributed by atoms with Gasteiger partial charge in [0.2, 0.25) is 11.8 Å². The molecule has 0 aliphatic rings. The third kappa shape index (κ3) is 8.68. The molecule has 0 radical (unpaired) electrons. The average molecular weight is 711 g/mol. The highest BCUT2D eigenvalue weighted by Crippen LogP contribution is 2.33. The van der Waals surface area contributed by atoms with Crippen molar-refractivity contribution in [1.29, 1.82) is 0 Å². The lowest BCUT2D eigenvalue weighted by molar-refractivity contribution is -0.139. The fourth-order valence-corrected chi connectivity index (χ4v) is 7.16. The Bertz CT molecular complexity index is 1700. The van der Waals surface area contributed by atoms with Crippen molar-refractivity contribution in [2.45, 2.75) is 35.7 Å². The number of halogens is 1. The Morgan fingerprint density at radius 2 is 1.58 bits per heavy atom. The number of nitrogens with one attached hydrogen (secondary N) is 1. The largest absolute Gasteiger partial charge is 0.492 e. The predicted octanol–water partition coefficient (Wildman–Crippen LogP) is 6.15. The number of hydrogen-bond acceptors (Lipinski definition) is 6. The van der Waals surface area contributed by atoms with Crippen LogP contribution in [0, 0.1) is 0 Å². The first kappa shape index (κ1) is 34.1. The molecule has 236 valence electrons. The number of para-hydroxylation sites is 2. The molecule has 1 atom stereocenters. The number of rotatable bonds is 14. The van der Waals surface area contributed by atoms with E-state index in [1.165, 1.54) is 35.8 Å². The second kappa shape index (κ2) is 16.0. The van der Waals surface area contributed by atoms with E-state index in [0.29, 0.717) is 12.4 Å². The zero-order valence-electron chi connectivity index (χ0n) is 25.4. The number of carbonyl (C=O) groups excluding carboxylic acids is 2. The van der Waals surface area contributed by atoms with Gasteiger partial charge in [-0.3, -0.25) is 13.9 Å². The van der Waals surface area contributed by atoms with E-state index in [1.807, 2.05) is 60.9 Å². The summed E-state index contributed by atoms with van der Waals surface area (Å²) in [6.07, 6.45) is 2.14. The van der Waals surface area contributed by atoms with E-state index >= 15 is 0 Å². The summed E-state index contributed by atoms with van der Waals surface area (Å²) in [5.41, 5.74) is 1.86. The summed E-state index contributed by atoms with van der Waals surface area (Å²) in [6, 6.07) is 29.2. The van der Waals surface area contributed by atoms with Crippen LogP contribution in [0.1, 0.15) is 18.1 Å². The van der Waals surface area contributed by atoms with Gasteiger partial charge in [-0.1, -0.05) is 70.5 Å². The molecule has 0 aliphatic carbocycles. The standard InChI is InChI=1S/C34H36BrN3O5S2/c1-4-43-32-16-9-8-15-30(32)38(45(41,42)29-19-17-28(44-3)18-20-29)24-33(39)37(23-26-13-10-14-27(35)21-26)31(34(40)36-2)22-25-11-6-5-7-12-25/h5-21,31H,4,22-24H2,1-3H3,(H,36,40)/t31-/m1/s1. The minimum atomic E-state index is -4.25. The van der Waals surface area contributed by atoms with Gasteiger partial charge in [-0.15, -0.1) is 11.8 Å². The third-order valence-electron chi connectivity index (χ3n) is 7.12. The summed E-state index contributed by atoms with van der Waals surface area (Å²) in [5, 5.41) is 2.70. The number of sulfonamides is 1. The highest BCUT2D eigenvalue weighted by atomic mass is 79.9. The first-order chi connectivity index (χ1) is 21.7. The van der Waals surface area contributed by atoms with Crippen LogP contribution in [0.4, 0.5) is 5.69 Å². The topological polar surface area (TPSA) is 96.0 Å². The summed E-state index contributed by atoms with van der Waals surface area (Å²) in [5.74, 6) is -0.586. The Morgan fingerprint density at radius 3 is 2.22 bits per heavy atom. The van der Waals surface area contributed by atoms with Crippen molar-refractivity contribution in [2.24, 2.45) is 0 Å². The average Bonchev–Trinajstić information content (AvgIpc) is 3.05. The molecule has 0 saturated heterocycles. The van der Waals surface area contributed by atoms with Crippen LogP contribution in [0.15, 0.2) is 117 Å². The van der Waals surface area contributed by atoms with Crippen LogP contribution in [-0.2, 0) is 32.6 Å². The Balaban J connectivity index is 1.82. The van der Waals surface area contributed by atoms with E-state index in [0.717, 1.165) is 24.8 Å². The highest BCUT2D eigenvalue weighted by molar-refractivity contribution is 9.10. The van der Waals surface area contributed by atoms with Crippen LogP contribution < -0.4 is 14.4 Å². The Kier molecular flexibility index (Phi) is 12.1. The highest BCUT2D eigenvalue weighted by Gasteiger charge is 2.35. The van der Waals surface area contributed by atoms with Crippen LogP contribution in [-0.4, -0.2) is 57.6 Å². The van der Waals surface area contributed by atoms with E-state index in [9.17, 15) is 18.0 Å². The van der Waals surface area contributed by atoms with Gasteiger partial charge < -0.3 is 15.0 Å². The smallest absolute Gasteiger partial charge is 0.264 e. The molecule has 4 aromatic carbocycles. The summed E-state index contributed by atoms with van der Waals surface area (Å²) in [6.45, 7) is 1.62. The van der Waals surface area contributed by atoms with Crippen molar-refractivity contribution < 1.29 is 22.7 Å². The van der Waals surface area contributed by atoms with Gasteiger partial charge in [0.25, 0.3) is 10.0 Å². The SMILES string of the molecule is CCOc1ccccc1N(CC(=O)N(Cc1cccc(Br)c1)[C@H](Cc1ccccc1)C(=O)NC)S(=O)(=O)c1ccc(SC)cc1. The van der Waals surface area contributed by atoms with Gasteiger partial charge in [0.05, 0.1) is 17.2 Å². The van der Waals surface area contributed by atoms with Crippen LogP contribution in [0.5, 0.6) is 5.75 Å². The Labute approximate surface area is 278 Å². The summed E-state index contributed by atoms with van der Waals surface area (Å²) in [7, 11) is -2.73. The zero-order chi connectivity index (χ0) is 32.4. The van der Waals surface area contributed by atoms with Gasteiger partial charge in [-0.25, -0.2) is 8.42 Å². The first-order valence-electron chi connectivity index (χ1n) is 14.4. The molecule has 0 bridgehead atoms. The molecule has 0 fully saturated rings. The molecule has 45 heavy (non-hydrogen) atoms. The first-order valence-corrected chi connectivity index (χ1v) is 17.8. The molecule has 1 N–H and O–H groups in total. The third-order valence-corrected chi connectivity index (χ3v) is 10.1. The summed E-state index contributed by atoms with van der Waals surface area (Å²) < 4.78 is 36.3. The maximum absolute atomic E-state index is 14.5. The monoisotopic (exact) mass is 709 g/mol. The van der Waals surface area contributed by atoms with Gasteiger partial charge in [-0.2, -0.15) is 0 Å². The molecular formula is C34H36BrN3O5S2. The molecule has 8 nitrogen and oxygen atoms in total. The molecule has 0 aliphatic heterocycles. The molecule has 11 heteroatoms.